The molecule has 0 aromatic carbocycles. The van der Waals surface area contributed by atoms with Crippen molar-refractivity contribution in [2.45, 2.75) is 46.3 Å². The first-order chi connectivity index (χ1) is 10.0. The van der Waals surface area contributed by atoms with Crippen molar-refractivity contribution in [3.8, 4) is 0 Å². The molecule has 0 aliphatic carbocycles. The molecular formula is C16H25N3O2. The SMILES string of the molecule is CCCNc1cc(C)ncc1C(=O)N1C[C@@H](C)O[C@@H](C)C1. The number of morpholine rings is 1. The first-order valence-corrected chi connectivity index (χ1v) is 7.66. The number of rotatable bonds is 4. The quantitative estimate of drug-likeness (QED) is 0.926. The fraction of sp³-hybridized carbons (Fsp3) is 0.625. The number of hydrogen-bond donors (Lipinski definition) is 1. The molecule has 0 saturated carbocycles. The number of carbonyl (C=O) groups is 1. The van der Waals surface area contributed by atoms with Crippen molar-refractivity contribution in [2.24, 2.45) is 0 Å². The van der Waals surface area contributed by atoms with E-state index >= 15 is 0 Å². The van der Waals surface area contributed by atoms with Crippen molar-refractivity contribution < 1.29 is 9.53 Å². The number of pyridine rings is 1. The predicted molar refractivity (Wildman–Crippen MR) is 83.7 cm³/mol. The van der Waals surface area contributed by atoms with Crippen LogP contribution in [0.1, 0.15) is 43.2 Å². The van der Waals surface area contributed by atoms with E-state index in [1.165, 1.54) is 0 Å². The molecule has 0 spiro atoms. The molecule has 1 aliphatic rings. The number of carbonyl (C=O) groups excluding carboxylic acids is 1. The lowest BCUT2D eigenvalue weighted by atomic mass is 10.1. The summed E-state index contributed by atoms with van der Waals surface area (Å²) in [6, 6.07) is 1.94. The molecule has 2 rings (SSSR count). The lowest BCUT2D eigenvalue weighted by Gasteiger charge is -2.35. The second kappa shape index (κ2) is 6.89. The van der Waals surface area contributed by atoms with Gasteiger partial charge in [0.05, 0.1) is 23.5 Å². The second-order valence-corrected chi connectivity index (χ2v) is 5.77. The highest BCUT2D eigenvalue weighted by atomic mass is 16.5. The van der Waals surface area contributed by atoms with Crippen LogP contribution in [0.4, 0.5) is 5.69 Å². The summed E-state index contributed by atoms with van der Waals surface area (Å²) in [4.78, 5) is 18.9. The highest BCUT2D eigenvalue weighted by Gasteiger charge is 2.28. The maximum Gasteiger partial charge on any atom is 0.257 e. The van der Waals surface area contributed by atoms with Crippen molar-refractivity contribution in [3.05, 3.63) is 23.5 Å². The van der Waals surface area contributed by atoms with E-state index in [4.69, 9.17) is 4.74 Å². The van der Waals surface area contributed by atoms with E-state index in [0.29, 0.717) is 18.7 Å². The number of aromatic nitrogens is 1. The van der Waals surface area contributed by atoms with E-state index in [-0.39, 0.29) is 18.1 Å². The molecule has 0 radical (unpaired) electrons. The summed E-state index contributed by atoms with van der Waals surface area (Å²) in [5.74, 6) is 0.0307. The largest absolute Gasteiger partial charge is 0.384 e. The van der Waals surface area contributed by atoms with Gasteiger partial charge < -0.3 is 15.0 Å². The molecule has 1 fully saturated rings. The topological polar surface area (TPSA) is 54.5 Å². The molecule has 2 atom stereocenters. The number of amides is 1. The summed E-state index contributed by atoms with van der Waals surface area (Å²) in [6.07, 6.45) is 2.84. The molecule has 1 aliphatic heterocycles. The minimum absolute atomic E-state index is 0.0307. The van der Waals surface area contributed by atoms with Crippen LogP contribution in [-0.2, 0) is 4.74 Å². The van der Waals surface area contributed by atoms with E-state index < -0.39 is 0 Å². The molecular weight excluding hydrogens is 266 g/mol. The van der Waals surface area contributed by atoms with E-state index in [9.17, 15) is 4.79 Å². The monoisotopic (exact) mass is 291 g/mol. The summed E-state index contributed by atoms with van der Waals surface area (Å²) in [5.41, 5.74) is 2.44. The molecule has 2 heterocycles. The van der Waals surface area contributed by atoms with Gasteiger partial charge in [0, 0.05) is 31.5 Å². The molecule has 1 N–H and O–H groups in total. The molecule has 0 unspecified atom stereocenters. The van der Waals surface area contributed by atoms with Gasteiger partial charge in [-0.25, -0.2) is 0 Å². The van der Waals surface area contributed by atoms with E-state index in [1.807, 2.05) is 31.7 Å². The normalized spacial score (nSPS) is 22.2. The molecule has 116 valence electrons. The average molecular weight is 291 g/mol. The van der Waals surface area contributed by atoms with Crippen molar-refractivity contribution in [3.63, 3.8) is 0 Å². The van der Waals surface area contributed by atoms with E-state index in [0.717, 1.165) is 24.3 Å². The molecule has 5 nitrogen and oxygen atoms in total. The van der Waals surface area contributed by atoms with Gasteiger partial charge in [-0.2, -0.15) is 0 Å². The van der Waals surface area contributed by atoms with Gasteiger partial charge in [-0.05, 0) is 33.3 Å². The Kier molecular flexibility index (Phi) is 5.17. The molecule has 1 saturated heterocycles. The van der Waals surface area contributed by atoms with Crippen LogP contribution >= 0.6 is 0 Å². The fourth-order valence-electron chi connectivity index (χ4n) is 2.65. The minimum Gasteiger partial charge on any atom is -0.384 e. The van der Waals surface area contributed by atoms with Crippen LogP contribution in [0.5, 0.6) is 0 Å². The van der Waals surface area contributed by atoms with Crippen molar-refractivity contribution >= 4 is 11.6 Å². The third kappa shape index (κ3) is 3.94. The summed E-state index contributed by atoms with van der Waals surface area (Å²) >= 11 is 0. The Bertz CT molecular complexity index is 494. The number of nitrogens with zero attached hydrogens (tertiary/aromatic N) is 2. The van der Waals surface area contributed by atoms with Crippen molar-refractivity contribution in [1.29, 1.82) is 0 Å². The zero-order valence-electron chi connectivity index (χ0n) is 13.3. The van der Waals surface area contributed by atoms with Gasteiger partial charge in [0.2, 0.25) is 0 Å². The smallest absolute Gasteiger partial charge is 0.257 e. The van der Waals surface area contributed by atoms with E-state index in [1.54, 1.807) is 6.20 Å². The summed E-state index contributed by atoms with van der Waals surface area (Å²) in [7, 11) is 0. The molecule has 1 aromatic rings. The molecule has 0 bridgehead atoms. The zero-order valence-corrected chi connectivity index (χ0v) is 13.3. The van der Waals surface area contributed by atoms with Gasteiger partial charge in [-0.15, -0.1) is 0 Å². The van der Waals surface area contributed by atoms with Crippen LogP contribution in [0.3, 0.4) is 0 Å². The Balaban J connectivity index is 2.21. The maximum atomic E-state index is 12.8. The Labute approximate surface area is 126 Å². The predicted octanol–water partition coefficient (Wildman–Crippen LogP) is 2.46. The second-order valence-electron chi connectivity index (χ2n) is 5.77. The van der Waals surface area contributed by atoms with Crippen molar-refractivity contribution in [1.82, 2.24) is 9.88 Å². The van der Waals surface area contributed by atoms with Gasteiger partial charge in [-0.3, -0.25) is 9.78 Å². The number of nitrogens with one attached hydrogen (secondary N) is 1. The summed E-state index contributed by atoms with van der Waals surface area (Å²) in [6.45, 7) is 10.1. The third-order valence-corrected chi connectivity index (χ3v) is 3.54. The highest BCUT2D eigenvalue weighted by Crippen LogP contribution is 2.20. The summed E-state index contributed by atoms with van der Waals surface area (Å²) < 4.78 is 5.69. The molecule has 1 aromatic heterocycles. The van der Waals surface area contributed by atoms with Gasteiger partial charge in [0.25, 0.3) is 5.91 Å². The van der Waals surface area contributed by atoms with Crippen LogP contribution in [-0.4, -0.2) is 47.6 Å². The Morgan fingerprint density at radius 3 is 2.71 bits per heavy atom. The van der Waals surface area contributed by atoms with Crippen LogP contribution in [0.15, 0.2) is 12.3 Å². The lowest BCUT2D eigenvalue weighted by Crippen LogP contribution is -2.48. The van der Waals surface area contributed by atoms with Crippen LogP contribution in [0.25, 0.3) is 0 Å². The number of anilines is 1. The fourth-order valence-corrected chi connectivity index (χ4v) is 2.65. The lowest BCUT2D eigenvalue weighted by molar-refractivity contribution is -0.0586. The number of aryl methyl sites for hydroxylation is 1. The van der Waals surface area contributed by atoms with Gasteiger partial charge in [0.1, 0.15) is 0 Å². The Hall–Kier alpha value is -1.62. The van der Waals surface area contributed by atoms with Gasteiger partial charge >= 0.3 is 0 Å². The summed E-state index contributed by atoms with van der Waals surface area (Å²) in [5, 5.41) is 3.33. The van der Waals surface area contributed by atoms with Gasteiger partial charge in [0.15, 0.2) is 0 Å². The number of ether oxygens (including phenoxy) is 1. The zero-order chi connectivity index (χ0) is 15.4. The van der Waals surface area contributed by atoms with E-state index in [2.05, 4.69) is 17.2 Å². The third-order valence-electron chi connectivity index (χ3n) is 3.54. The Morgan fingerprint density at radius 1 is 1.43 bits per heavy atom. The molecule has 5 heteroatoms. The van der Waals surface area contributed by atoms with Crippen LogP contribution in [0, 0.1) is 6.92 Å². The standard InChI is InChI=1S/C16H25N3O2/c1-5-6-17-15-7-11(2)18-8-14(15)16(20)19-9-12(3)21-13(4)10-19/h7-8,12-13H,5-6,9-10H2,1-4H3,(H,17,18)/t12-,13+. The number of hydrogen-bond acceptors (Lipinski definition) is 4. The average Bonchev–Trinajstić information content (AvgIpc) is 2.43. The molecule has 21 heavy (non-hydrogen) atoms. The highest BCUT2D eigenvalue weighted by molar-refractivity contribution is 5.99. The van der Waals surface area contributed by atoms with Crippen LogP contribution < -0.4 is 5.32 Å². The van der Waals surface area contributed by atoms with Crippen molar-refractivity contribution in [2.75, 3.05) is 25.0 Å². The first-order valence-electron chi connectivity index (χ1n) is 7.66. The Morgan fingerprint density at radius 2 is 2.10 bits per heavy atom. The minimum atomic E-state index is 0.0307. The molecule has 1 amide bonds. The van der Waals surface area contributed by atoms with Gasteiger partial charge in [-0.1, -0.05) is 6.92 Å². The maximum absolute atomic E-state index is 12.8. The van der Waals surface area contributed by atoms with Crippen LogP contribution in [0.2, 0.25) is 0 Å². The first kappa shape index (κ1) is 15.8.